The molecule has 1 N–H and O–H groups in total. The average molecular weight is 262 g/mol. The van der Waals surface area contributed by atoms with Gasteiger partial charge in [-0.3, -0.25) is 5.32 Å². The van der Waals surface area contributed by atoms with Crippen LogP contribution in [0.1, 0.15) is 31.7 Å². The van der Waals surface area contributed by atoms with Gasteiger partial charge in [-0.2, -0.15) is 5.26 Å². The first-order valence-electron chi connectivity index (χ1n) is 6.60. The largest absolute Gasteiger partial charge is 0.493 e. The number of ether oxygens (including phenoxy) is 1. The van der Waals surface area contributed by atoms with Gasteiger partial charge in [0.05, 0.1) is 12.7 Å². The summed E-state index contributed by atoms with van der Waals surface area (Å²) in [6.45, 7) is 4.15. The fraction of sp³-hybridized carbons (Fsp3) is 0.533. The van der Waals surface area contributed by atoms with Crippen LogP contribution in [0.4, 0.5) is 4.39 Å². The normalized spacial score (nSPS) is 17.6. The van der Waals surface area contributed by atoms with E-state index in [1.54, 1.807) is 6.07 Å². The Morgan fingerprint density at radius 1 is 1.53 bits per heavy atom. The van der Waals surface area contributed by atoms with Crippen molar-refractivity contribution in [2.24, 2.45) is 0 Å². The highest BCUT2D eigenvalue weighted by molar-refractivity contribution is 5.32. The van der Waals surface area contributed by atoms with Gasteiger partial charge in [0.2, 0.25) is 0 Å². The summed E-state index contributed by atoms with van der Waals surface area (Å²) in [7, 11) is 0. The zero-order chi connectivity index (χ0) is 13.9. The molecule has 0 saturated heterocycles. The molecule has 0 aromatic heterocycles. The minimum absolute atomic E-state index is 0.262. The van der Waals surface area contributed by atoms with Gasteiger partial charge in [0.25, 0.3) is 0 Å². The molecule has 1 fully saturated rings. The first-order chi connectivity index (χ1) is 9.02. The fourth-order valence-electron chi connectivity index (χ4n) is 1.98. The van der Waals surface area contributed by atoms with Gasteiger partial charge in [-0.25, -0.2) is 4.39 Å². The number of hydrogen-bond acceptors (Lipinski definition) is 3. The lowest BCUT2D eigenvalue weighted by molar-refractivity contribution is 0.264. The smallest absolute Gasteiger partial charge is 0.123 e. The van der Waals surface area contributed by atoms with Crippen molar-refractivity contribution >= 4 is 0 Å². The molecule has 0 aliphatic heterocycles. The Kier molecular flexibility index (Phi) is 4.06. The molecule has 0 amide bonds. The van der Waals surface area contributed by atoms with Crippen LogP contribution < -0.4 is 10.1 Å². The first kappa shape index (κ1) is 13.8. The van der Waals surface area contributed by atoms with E-state index in [0.29, 0.717) is 24.8 Å². The molecule has 102 valence electrons. The van der Waals surface area contributed by atoms with Crippen molar-refractivity contribution in [1.29, 1.82) is 5.26 Å². The van der Waals surface area contributed by atoms with Gasteiger partial charge in [0, 0.05) is 12.5 Å². The number of aryl methyl sites for hydroxylation is 1. The van der Waals surface area contributed by atoms with Gasteiger partial charge in [-0.05, 0) is 50.5 Å². The summed E-state index contributed by atoms with van der Waals surface area (Å²) in [6, 6.07) is 7.25. The van der Waals surface area contributed by atoms with E-state index >= 15 is 0 Å². The molecule has 1 aliphatic rings. The van der Waals surface area contributed by atoms with Gasteiger partial charge in [0.15, 0.2) is 0 Å². The van der Waals surface area contributed by atoms with Crippen molar-refractivity contribution in [2.75, 3.05) is 6.61 Å². The van der Waals surface area contributed by atoms with E-state index in [2.05, 4.69) is 11.4 Å². The third-order valence-electron chi connectivity index (χ3n) is 3.34. The molecule has 1 unspecified atom stereocenters. The van der Waals surface area contributed by atoms with Gasteiger partial charge in [0.1, 0.15) is 17.1 Å². The van der Waals surface area contributed by atoms with E-state index in [1.807, 2.05) is 13.8 Å². The zero-order valence-corrected chi connectivity index (χ0v) is 11.4. The van der Waals surface area contributed by atoms with Crippen molar-refractivity contribution in [3.8, 4) is 11.8 Å². The second-order valence-electron chi connectivity index (χ2n) is 5.37. The Balaban J connectivity index is 1.86. The molecule has 0 spiro atoms. The molecule has 1 aliphatic carbocycles. The van der Waals surface area contributed by atoms with Crippen LogP contribution in [-0.4, -0.2) is 18.2 Å². The van der Waals surface area contributed by atoms with Crippen LogP contribution in [0, 0.1) is 24.1 Å². The molecule has 0 heterocycles. The summed E-state index contributed by atoms with van der Waals surface area (Å²) in [4.78, 5) is 0. The van der Waals surface area contributed by atoms with Crippen LogP contribution in [0.2, 0.25) is 0 Å². The number of nitriles is 1. The second-order valence-corrected chi connectivity index (χ2v) is 5.37. The Morgan fingerprint density at radius 3 is 2.84 bits per heavy atom. The standard InChI is InChI=1S/C15H19FN2O/c1-11-9-12(16)3-6-14(11)19-8-7-15(2,10-17)18-13-4-5-13/h3,6,9,13,18H,4-5,7-8H2,1-2H3. The van der Waals surface area contributed by atoms with E-state index in [-0.39, 0.29) is 5.82 Å². The van der Waals surface area contributed by atoms with Crippen LogP contribution in [0.25, 0.3) is 0 Å². The van der Waals surface area contributed by atoms with Crippen molar-refractivity contribution in [1.82, 2.24) is 5.32 Å². The molecule has 0 radical (unpaired) electrons. The predicted octanol–water partition coefficient (Wildman–Crippen LogP) is 2.94. The van der Waals surface area contributed by atoms with Crippen LogP contribution in [-0.2, 0) is 0 Å². The Bertz CT molecular complexity index is 493. The average Bonchev–Trinajstić information content (AvgIpc) is 3.16. The van der Waals surface area contributed by atoms with Crippen molar-refractivity contribution in [3.05, 3.63) is 29.6 Å². The number of halogens is 1. The van der Waals surface area contributed by atoms with E-state index in [0.717, 1.165) is 18.4 Å². The first-order valence-corrected chi connectivity index (χ1v) is 6.60. The molecular weight excluding hydrogens is 243 g/mol. The molecule has 19 heavy (non-hydrogen) atoms. The molecule has 3 nitrogen and oxygen atoms in total. The fourth-order valence-corrected chi connectivity index (χ4v) is 1.98. The SMILES string of the molecule is Cc1cc(F)ccc1OCCC(C)(C#N)NC1CC1. The summed E-state index contributed by atoms with van der Waals surface area (Å²) in [5, 5.41) is 12.6. The lowest BCUT2D eigenvalue weighted by atomic mass is 10.0. The summed E-state index contributed by atoms with van der Waals surface area (Å²) in [5.41, 5.74) is 0.226. The zero-order valence-electron chi connectivity index (χ0n) is 11.4. The van der Waals surface area contributed by atoms with Gasteiger partial charge in [-0.15, -0.1) is 0 Å². The molecule has 1 saturated carbocycles. The third kappa shape index (κ3) is 3.93. The lowest BCUT2D eigenvalue weighted by Gasteiger charge is -2.23. The molecule has 2 rings (SSSR count). The maximum absolute atomic E-state index is 13.0. The van der Waals surface area contributed by atoms with Crippen LogP contribution in [0.3, 0.4) is 0 Å². The van der Waals surface area contributed by atoms with E-state index in [9.17, 15) is 9.65 Å². The number of hydrogen-bond donors (Lipinski definition) is 1. The highest BCUT2D eigenvalue weighted by atomic mass is 19.1. The topological polar surface area (TPSA) is 45.0 Å². The third-order valence-corrected chi connectivity index (χ3v) is 3.34. The van der Waals surface area contributed by atoms with Gasteiger partial charge in [-0.1, -0.05) is 0 Å². The summed E-state index contributed by atoms with van der Waals surface area (Å²) in [5.74, 6) is 0.412. The van der Waals surface area contributed by atoms with Crippen molar-refractivity contribution in [2.45, 2.75) is 44.7 Å². The van der Waals surface area contributed by atoms with Crippen LogP contribution in [0.15, 0.2) is 18.2 Å². The number of benzene rings is 1. The van der Waals surface area contributed by atoms with Crippen molar-refractivity contribution < 1.29 is 9.13 Å². The van der Waals surface area contributed by atoms with E-state index in [1.165, 1.54) is 12.1 Å². The molecule has 1 aromatic carbocycles. The molecule has 1 atom stereocenters. The lowest BCUT2D eigenvalue weighted by Crippen LogP contribution is -2.43. The molecule has 4 heteroatoms. The van der Waals surface area contributed by atoms with Gasteiger partial charge >= 0.3 is 0 Å². The van der Waals surface area contributed by atoms with Crippen LogP contribution >= 0.6 is 0 Å². The summed E-state index contributed by atoms with van der Waals surface area (Å²) >= 11 is 0. The van der Waals surface area contributed by atoms with E-state index < -0.39 is 5.54 Å². The Hall–Kier alpha value is -1.60. The summed E-state index contributed by atoms with van der Waals surface area (Å²) in [6.07, 6.45) is 2.90. The van der Waals surface area contributed by atoms with Crippen LogP contribution in [0.5, 0.6) is 5.75 Å². The maximum atomic E-state index is 13.0. The highest BCUT2D eigenvalue weighted by Crippen LogP contribution is 2.24. The molecular formula is C15H19FN2O. The summed E-state index contributed by atoms with van der Waals surface area (Å²) < 4.78 is 18.6. The van der Waals surface area contributed by atoms with Gasteiger partial charge < -0.3 is 4.74 Å². The predicted molar refractivity (Wildman–Crippen MR) is 71.4 cm³/mol. The second kappa shape index (κ2) is 5.58. The van der Waals surface area contributed by atoms with Crippen molar-refractivity contribution in [3.63, 3.8) is 0 Å². The maximum Gasteiger partial charge on any atom is 0.123 e. The quantitative estimate of drug-likeness (QED) is 0.857. The number of nitrogens with one attached hydrogen (secondary N) is 1. The molecule has 0 bridgehead atoms. The minimum atomic E-state index is -0.547. The Morgan fingerprint density at radius 2 is 2.26 bits per heavy atom. The monoisotopic (exact) mass is 262 g/mol. The Labute approximate surface area is 113 Å². The van der Waals surface area contributed by atoms with E-state index in [4.69, 9.17) is 4.74 Å². The minimum Gasteiger partial charge on any atom is -0.493 e. The highest BCUT2D eigenvalue weighted by Gasteiger charge is 2.32. The number of rotatable bonds is 6. The number of nitrogens with zero attached hydrogens (tertiary/aromatic N) is 1. The molecule has 1 aromatic rings.